The van der Waals surface area contributed by atoms with Gasteiger partial charge in [0.1, 0.15) is 0 Å². The molecule has 4 aromatic carbocycles. The topological polar surface area (TPSA) is 31.6 Å². The molecule has 6 rings (SSSR count). The Morgan fingerprint density at radius 3 is 1.92 bits per heavy atom. The molecule has 2 heteroatoms. The van der Waals surface area contributed by atoms with Crippen LogP contribution >= 0.6 is 0 Å². The summed E-state index contributed by atoms with van der Waals surface area (Å²) >= 11 is 0. The van der Waals surface area contributed by atoms with Gasteiger partial charge < -0.3 is 9.97 Å². The molecule has 0 atom stereocenters. The summed E-state index contributed by atoms with van der Waals surface area (Å²) in [6.45, 7) is 0. The second-order valence-electron chi connectivity index (χ2n) is 6.41. The summed E-state index contributed by atoms with van der Waals surface area (Å²) < 4.78 is 0. The Bertz CT molecular complexity index is 1400. The summed E-state index contributed by atoms with van der Waals surface area (Å²) in [5.41, 5.74) is 4.80. The Morgan fingerprint density at radius 1 is 0.417 bits per heavy atom. The molecule has 24 heavy (non-hydrogen) atoms. The van der Waals surface area contributed by atoms with Gasteiger partial charge in [-0.15, -0.1) is 0 Å². The summed E-state index contributed by atoms with van der Waals surface area (Å²) in [6.07, 6.45) is 0. The van der Waals surface area contributed by atoms with Crippen LogP contribution in [0.25, 0.3) is 54.4 Å². The zero-order chi connectivity index (χ0) is 15.7. The van der Waals surface area contributed by atoms with Gasteiger partial charge in [0.15, 0.2) is 0 Å². The molecule has 0 bridgehead atoms. The Kier molecular flexibility index (Phi) is 2.12. The molecule has 2 heterocycles. The number of nitrogens with one attached hydrogen (secondary N) is 2. The zero-order valence-electron chi connectivity index (χ0n) is 12.9. The predicted molar refractivity (Wildman–Crippen MR) is 103 cm³/mol. The number of hydrogen-bond acceptors (Lipinski definition) is 0. The summed E-state index contributed by atoms with van der Waals surface area (Å²) in [6, 6.07) is 26.0. The van der Waals surface area contributed by atoms with Gasteiger partial charge in [0.25, 0.3) is 0 Å². The van der Waals surface area contributed by atoms with E-state index in [2.05, 4.69) is 82.8 Å². The average molecular weight is 306 g/mol. The van der Waals surface area contributed by atoms with E-state index in [4.69, 9.17) is 0 Å². The monoisotopic (exact) mass is 306 g/mol. The van der Waals surface area contributed by atoms with E-state index < -0.39 is 0 Å². The van der Waals surface area contributed by atoms with Crippen molar-refractivity contribution in [3.8, 4) is 0 Å². The quantitative estimate of drug-likeness (QED) is 0.339. The molecule has 0 radical (unpaired) electrons. The predicted octanol–water partition coefficient (Wildman–Crippen LogP) is 6.11. The Hall–Kier alpha value is -3.26. The third-order valence-corrected chi connectivity index (χ3v) is 5.14. The normalized spacial score (nSPS) is 12.2. The minimum atomic E-state index is 1.19. The maximum Gasteiger partial charge on any atom is 0.0544 e. The number of aromatic nitrogens is 2. The third kappa shape index (κ3) is 1.41. The molecule has 2 N–H and O–H groups in total. The zero-order valence-corrected chi connectivity index (χ0v) is 12.9. The SMILES string of the molecule is c1ccc2c(c1)[nH]c1c2ccc2c1ccc1[nH]c3ccccc3c12. The van der Waals surface area contributed by atoms with Crippen molar-refractivity contribution in [2.45, 2.75) is 0 Å². The van der Waals surface area contributed by atoms with Crippen molar-refractivity contribution >= 4 is 54.4 Å². The van der Waals surface area contributed by atoms with Gasteiger partial charge >= 0.3 is 0 Å². The highest BCUT2D eigenvalue weighted by Gasteiger charge is 2.12. The van der Waals surface area contributed by atoms with E-state index >= 15 is 0 Å². The maximum absolute atomic E-state index is 3.62. The molecule has 112 valence electrons. The second-order valence-corrected chi connectivity index (χ2v) is 6.41. The van der Waals surface area contributed by atoms with Gasteiger partial charge in [0, 0.05) is 43.5 Å². The fraction of sp³-hybridized carbons (Fsp3) is 0. The van der Waals surface area contributed by atoms with E-state index in [1.807, 2.05) is 0 Å². The van der Waals surface area contributed by atoms with E-state index in [9.17, 15) is 0 Å². The van der Waals surface area contributed by atoms with Crippen molar-refractivity contribution in [2.75, 3.05) is 0 Å². The molecule has 6 aromatic rings. The number of H-pyrrole nitrogens is 2. The first-order chi connectivity index (χ1) is 11.9. The Balaban J connectivity index is 1.90. The molecule has 2 nitrogen and oxygen atoms in total. The van der Waals surface area contributed by atoms with E-state index in [1.165, 1.54) is 54.4 Å². The van der Waals surface area contributed by atoms with Crippen LogP contribution in [-0.2, 0) is 0 Å². The molecular formula is C22H14N2. The minimum absolute atomic E-state index is 1.19. The molecule has 0 amide bonds. The van der Waals surface area contributed by atoms with E-state index in [-0.39, 0.29) is 0 Å². The molecule has 2 aromatic heterocycles. The van der Waals surface area contributed by atoms with Crippen molar-refractivity contribution in [2.24, 2.45) is 0 Å². The van der Waals surface area contributed by atoms with Crippen LogP contribution in [0, 0.1) is 0 Å². The van der Waals surface area contributed by atoms with Crippen LogP contribution in [-0.4, -0.2) is 9.97 Å². The first kappa shape index (κ1) is 12.2. The van der Waals surface area contributed by atoms with Crippen LogP contribution in [0.2, 0.25) is 0 Å². The Morgan fingerprint density at radius 2 is 1.04 bits per heavy atom. The van der Waals surface area contributed by atoms with Crippen LogP contribution in [0.5, 0.6) is 0 Å². The van der Waals surface area contributed by atoms with Crippen molar-refractivity contribution < 1.29 is 0 Å². The molecular weight excluding hydrogens is 292 g/mol. The molecule has 0 aliphatic rings. The van der Waals surface area contributed by atoms with Crippen molar-refractivity contribution in [1.29, 1.82) is 0 Å². The number of hydrogen-bond donors (Lipinski definition) is 2. The number of fused-ring (bicyclic) bond motifs is 9. The average Bonchev–Trinajstić information content (AvgIpc) is 3.19. The standard InChI is InChI=1S/C22H14N2/c1-3-7-18-13(5-1)15-10-9-14-16(22(15)24-18)11-12-20-21(14)17-6-2-4-8-19(17)23-20/h1-12,23-24H. The third-order valence-electron chi connectivity index (χ3n) is 5.14. The van der Waals surface area contributed by atoms with Crippen LogP contribution in [0.3, 0.4) is 0 Å². The molecule has 0 saturated heterocycles. The lowest BCUT2D eigenvalue weighted by atomic mass is 10.0. The number of aromatic amines is 2. The Labute approximate surface area is 137 Å². The van der Waals surface area contributed by atoms with Crippen LogP contribution < -0.4 is 0 Å². The van der Waals surface area contributed by atoms with Gasteiger partial charge in [-0.3, -0.25) is 0 Å². The van der Waals surface area contributed by atoms with Gasteiger partial charge in [-0.2, -0.15) is 0 Å². The molecule has 0 unspecified atom stereocenters. The van der Waals surface area contributed by atoms with Gasteiger partial charge in [-0.1, -0.05) is 54.6 Å². The first-order valence-corrected chi connectivity index (χ1v) is 8.23. The molecule has 0 spiro atoms. The summed E-state index contributed by atoms with van der Waals surface area (Å²) in [5.74, 6) is 0. The molecule has 0 saturated carbocycles. The van der Waals surface area contributed by atoms with E-state index in [0.717, 1.165) is 0 Å². The van der Waals surface area contributed by atoms with Crippen molar-refractivity contribution in [1.82, 2.24) is 9.97 Å². The molecule has 0 aliphatic carbocycles. The van der Waals surface area contributed by atoms with Crippen LogP contribution in [0.4, 0.5) is 0 Å². The number of para-hydroxylation sites is 2. The van der Waals surface area contributed by atoms with Gasteiger partial charge in [-0.25, -0.2) is 0 Å². The summed E-state index contributed by atoms with van der Waals surface area (Å²) in [5, 5.41) is 7.74. The highest BCUT2D eigenvalue weighted by Crippen LogP contribution is 2.37. The van der Waals surface area contributed by atoms with Gasteiger partial charge in [-0.05, 0) is 23.6 Å². The van der Waals surface area contributed by atoms with Crippen molar-refractivity contribution in [3.05, 3.63) is 72.8 Å². The van der Waals surface area contributed by atoms with E-state index in [1.54, 1.807) is 0 Å². The fourth-order valence-electron chi connectivity index (χ4n) is 4.08. The largest absolute Gasteiger partial charge is 0.354 e. The first-order valence-electron chi connectivity index (χ1n) is 8.23. The van der Waals surface area contributed by atoms with Crippen LogP contribution in [0.1, 0.15) is 0 Å². The van der Waals surface area contributed by atoms with Crippen molar-refractivity contribution in [3.63, 3.8) is 0 Å². The van der Waals surface area contributed by atoms with Gasteiger partial charge in [0.05, 0.1) is 5.52 Å². The number of benzene rings is 4. The lowest BCUT2D eigenvalue weighted by Gasteiger charge is -2.02. The molecule has 0 fully saturated rings. The summed E-state index contributed by atoms with van der Waals surface area (Å²) in [7, 11) is 0. The number of rotatable bonds is 0. The molecule has 0 aliphatic heterocycles. The minimum Gasteiger partial charge on any atom is -0.354 e. The highest BCUT2D eigenvalue weighted by molar-refractivity contribution is 6.26. The lowest BCUT2D eigenvalue weighted by Crippen LogP contribution is -1.78. The second kappa shape index (κ2) is 4.18. The highest BCUT2D eigenvalue weighted by atomic mass is 14.7. The lowest BCUT2D eigenvalue weighted by molar-refractivity contribution is 1.55. The summed E-state index contributed by atoms with van der Waals surface area (Å²) in [4.78, 5) is 7.15. The van der Waals surface area contributed by atoms with E-state index in [0.29, 0.717) is 0 Å². The maximum atomic E-state index is 3.62. The van der Waals surface area contributed by atoms with Crippen LogP contribution in [0.15, 0.2) is 72.8 Å². The fourth-order valence-corrected chi connectivity index (χ4v) is 4.08. The van der Waals surface area contributed by atoms with Gasteiger partial charge in [0.2, 0.25) is 0 Å². The smallest absolute Gasteiger partial charge is 0.0544 e.